The summed E-state index contributed by atoms with van der Waals surface area (Å²) in [7, 11) is 0. The third kappa shape index (κ3) is 2.18. The molecule has 80 valence electrons. The molecule has 15 heavy (non-hydrogen) atoms. The van der Waals surface area contributed by atoms with Crippen molar-refractivity contribution in [1.29, 1.82) is 0 Å². The molecule has 0 aliphatic heterocycles. The Hall–Kier alpha value is -1.36. The second kappa shape index (κ2) is 4.44. The highest BCUT2D eigenvalue weighted by Crippen LogP contribution is 2.14. The van der Waals surface area contributed by atoms with Crippen molar-refractivity contribution in [2.24, 2.45) is 0 Å². The number of aryl methyl sites for hydroxylation is 2. The van der Waals surface area contributed by atoms with Crippen molar-refractivity contribution < 1.29 is 0 Å². The lowest BCUT2D eigenvalue weighted by Crippen LogP contribution is -2.06. The second-order valence-corrected chi connectivity index (χ2v) is 4.19. The van der Waals surface area contributed by atoms with Gasteiger partial charge in [-0.1, -0.05) is 0 Å². The second-order valence-electron chi connectivity index (χ2n) is 3.25. The SMILES string of the molecule is CCn1ccnc1NCc1scnc1C. The Morgan fingerprint density at radius 2 is 2.33 bits per heavy atom. The Kier molecular flexibility index (Phi) is 3.01. The van der Waals surface area contributed by atoms with Gasteiger partial charge in [-0.15, -0.1) is 11.3 Å². The van der Waals surface area contributed by atoms with Crippen LogP contribution in [0.5, 0.6) is 0 Å². The smallest absolute Gasteiger partial charge is 0.203 e. The molecule has 0 radical (unpaired) electrons. The van der Waals surface area contributed by atoms with Crippen LogP contribution in [0, 0.1) is 6.92 Å². The molecule has 2 aromatic heterocycles. The molecule has 0 saturated carbocycles. The van der Waals surface area contributed by atoms with Crippen molar-refractivity contribution in [1.82, 2.24) is 14.5 Å². The Morgan fingerprint density at radius 3 is 3.00 bits per heavy atom. The van der Waals surface area contributed by atoms with Gasteiger partial charge >= 0.3 is 0 Å². The molecule has 0 atom stereocenters. The molecule has 1 N–H and O–H groups in total. The zero-order chi connectivity index (χ0) is 10.7. The fourth-order valence-electron chi connectivity index (χ4n) is 1.39. The van der Waals surface area contributed by atoms with E-state index in [4.69, 9.17) is 0 Å². The van der Waals surface area contributed by atoms with Gasteiger partial charge in [0, 0.05) is 23.8 Å². The number of anilines is 1. The van der Waals surface area contributed by atoms with Gasteiger partial charge in [0.15, 0.2) is 0 Å². The summed E-state index contributed by atoms with van der Waals surface area (Å²) in [6.45, 7) is 5.86. The molecule has 5 heteroatoms. The van der Waals surface area contributed by atoms with Crippen molar-refractivity contribution in [3.8, 4) is 0 Å². The first-order valence-electron chi connectivity index (χ1n) is 4.95. The standard InChI is InChI=1S/C10H14N4S/c1-3-14-5-4-11-10(14)12-6-9-8(2)13-7-15-9/h4-5,7H,3,6H2,1-2H3,(H,11,12). The molecule has 2 heterocycles. The van der Waals surface area contributed by atoms with Gasteiger partial charge in [0.2, 0.25) is 5.95 Å². The highest BCUT2D eigenvalue weighted by Gasteiger charge is 2.03. The Bertz CT molecular complexity index is 432. The van der Waals surface area contributed by atoms with Crippen molar-refractivity contribution >= 4 is 17.3 Å². The number of rotatable bonds is 4. The van der Waals surface area contributed by atoms with Crippen molar-refractivity contribution in [2.45, 2.75) is 26.9 Å². The van der Waals surface area contributed by atoms with Crippen LogP contribution in [0.2, 0.25) is 0 Å². The molecule has 0 aliphatic rings. The number of nitrogens with zero attached hydrogens (tertiary/aromatic N) is 3. The average Bonchev–Trinajstić information content (AvgIpc) is 2.83. The van der Waals surface area contributed by atoms with Crippen LogP contribution in [-0.2, 0) is 13.1 Å². The van der Waals surface area contributed by atoms with Crippen LogP contribution in [0.1, 0.15) is 17.5 Å². The molecule has 0 amide bonds. The van der Waals surface area contributed by atoms with E-state index in [1.807, 2.05) is 24.8 Å². The van der Waals surface area contributed by atoms with E-state index in [0.29, 0.717) is 0 Å². The molecular formula is C10H14N4S. The molecule has 0 unspecified atom stereocenters. The maximum absolute atomic E-state index is 4.25. The predicted octanol–water partition coefficient (Wildman–Crippen LogP) is 2.28. The lowest BCUT2D eigenvalue weighted by atomic mass is 10.4. The van der Waals surface area contributed by atoms with Crippen LogP contribution < -0.4 is 5.32 Å². The summed E-state index contributed by atoms with van der Waals surface area (Å²) in [4.78, 5) is 9.73. The highest BCUT2D eigenvalue weighted by molar-refractivity contribution is 7.09. The first-order valence-corrected chi connectivity index (χ1v) is 5.83. The quantitative estimate of drug-likeness (QED) is 0.863. The normalized spacial score (nSPS) is 10.5. The van der Waals surface area contributed by atoms with Crippen LogP contribution >= 0.6 is 11.3 Å². The van der Waals surface area contributed by atoms with Gasteiger partial charge in [-0.3, -0.25) is 0 Å². The molecule has 0 saturated heterocycles. The molecule has 2 rings (SSSR count). The van der Waals surface area contributed by atoms with Gasteiger partial charge in [-0.05, 0) is 13.8 Å². The third-order valence-electron chi connectivity index (χ3n) is 2.31. The lowest BCUT2D eigenvalue weighted by Gasteiger charge is -2.06. The topological polar surface area (TPSA) is 42.7 Å². The maximum Gasteiger partial charge on any atom is 0.203 e. The van der Waals surface area contributed by atoms with Crippen LogP contribution in [0.25, 0.3) is 0 Å². The van der Waals surface area contributed by atoms with Gasteiger partial charge in [0.05, 0.1) is 17.7 Å². The van der Waals surface area contributed by atoms with Crippen molar-refractivity contribution in [2.75, 3.05) is 5.32 Å². The Balaban J connectivity index is 2.02. The molecule has 0 bridgehead atoms. The van der Waals surface area contributed by atoms with E-state index in [1.165, 1.54) is 4.88 Å². The first kappa shape index (κ1) is 10.2. The van der Waals surface area contributed by atoms with Gasteiger partial charge in [0.25, 0.3) is 0 Å². The van der Waals surface area contributed by atoms with E-state index < -0.39 is 0 Å². The third-order valence-corrected chi connectivity index (χ3v) is 3.24. The van der Waals surface area contributed by atoms with Crippen LogP contribution in [0.3, 0.4) is 0 Å². The van der Waals surface area contributed by atoms with Crippen molar-refractivity contribution in [3.05, 3.63) is 28.5 Å². The summed E-state index contributed by atoms with van der Waals surface area (Å²) in [5, 5.41) is 3.31. The fourth-order valence-corrected chi connectivity index (χ4v) is 2.10. The van der Waals surface area contributed by atoms with E-state index >= 15 is 0 Å². The summed E-state index contributed by atoms with van der Waals surface area (Å²) < 4.78 is 2.08. The summed E-state index contributed by atoms with van der Waals surface area (Å²) in [6, 6.07) is 0. The van der Waals surface area contributed by atoms with E-state index in [1.54, 1.807) is 11.3 Å². The number of imidazole rings is 1. The lowest BCUT2D eigenvalue weighted by molar-refractivity contribution is 0.763. The number of nitrogens with one attached hydrogen (secondary N) is 1. The van der Waals surface area contributed by atoms with E-state index in [2.05, 4.69) is 26.8 Å². The van der Waals surface area contributed by atoms with Gasteiger partial charge in [-0.2, -0.15) is 0 Å². The number of aromatic nitrogens is 3. The molecule has 2 aromatic rings. The summed E-state index contributed by atoms with van der Waals surface area (Å²) >= 11 is 1.67. The Morgan fingerprint density at radius 1 is 1.47 bits per heavy atom. The monoisotopic (exact) mass is 222 g/mol. The van der Waals surface area contributed by atoms with E-state index in [9.17, 15) is 0 Å². The van der Waals surface area contributed by atoms with Crippen molar-refractivity contribution in [3.63, 3.8) is 0 Å². The molecule has 0 spiro atoms. The van der Waals surface area contributed by atoms with Gasteiger partial charge in [0.1, 0.15) is 0 Å². The van der Waals surface area contributed by atoms with Crippen LogP contribution in [0.4, 0.5) is 5.95 Å². The zero-order valence-electron chi connectivity index (χ0n) is 8.90. The van der Waals surface area contributed by atoms with Gasteiger partial charge in [-0.25, -0.2) is 9.97 Å². The van der Waals surface area contributed by atoms with E-state index in [-0.39, 0.29) is 0 Å². The largest absolute Gasteiger partial charge is 0.351 e. The first-order chi connectivity index (χ1) is 7.31. The predicted molar refractivity (Wildman–Crippen MR) is 62.1 cm³/mol. The molecular weight excluding hydrogens is 208 g/mol. The number of thiazole rings is 1. The molecule has 0 aromatic carbocycles. The Labute approximate surface area is 93.0 Å². The molecule has 0 aliphatic carbocycles. The average molecular weight is 222 g/mol. The minimum atomic E-state index is 0.799. The minimum absolute atomic E-state index is 0.799. The summed E-state index contributed by atoms with van der Waals surface area (Å²) in [5.74, 6) is 0.922. The zero-order valence-corrected chi connectivity index (χ0v) is 9.71. The van der Waals surface area contributed by atoms with Gasteiger partial charge < -0.3 is 9.88 Å². The fraction of sp³-hybridized carbons (Fsp3) is 0.400. The number of hydrogen-bond acceptors (Lipinski definition) is 4. The number of hydrogen-bond donors (Lipinski definition) is 1. The molecule has 4 nitrogen and oxygen atoms in total. The summed E-state index contributed by atoms with van der Waals surface area (Å²) in [6.07, 6.45) is 3.78. The minimum Gasteiger partial charge on any atom is -0.351 e. The highest BCUT2D eigenvalue weighted by atomic mass is 32.1. The van der Waals surface area contributed by atoms with Crippen LogP contribution in [0.15, 0.2) is 17.9 Å². The van der Waals surface area contributed by atoms with E-state index in [0.717, 1.165) is 24.7 Å². The summed E-state index contributed by atoms with van der Waals surface area (Å²) in [5.41, 5.74) is 2.97. The maximum atomic E-state index is 4.25. The van der Waals surface area contributed by atoms with Crippen LogP contribution in [-0.4, -0.2) is 14.5 Å². The molecule has 0 fully saturated rings.